The highest BCUT2D eigenvalue weighted by molar-refractivity contribution is 7.88. The number of carbonyl (C=O) groups excluding carboxylic acids is 1. The van der Waals surface area contributed by atoms with Crippen LogP contribution in [0, 0.1) is 0 Å². The molecule has 4 nitrogen and oxygen atoms in total. The molecule has 0 amide bonds. The Hall–Kier alpha value is -1.20. The molecule has 2 aliphatic carbocycles. The number of hydrogen-bond donors (Lipinski definition) is 0. The van der Waals surface area contributed by atoms with E-state index in [1.165, 1.54) is 12.7 Å². The van der Waals surface area contributed by atoms with E-state index in [0.29, 0.717) is 0 Å². The van der Waals surface area contributed by atoms with E-state index in [0.717, 1.165) is 37.1 Å². The molecule has 0 aromatic carbocycles. The van der Waals surface area contributed by atoms with Crippen LogP contribution in [0.4, 0.5) is 0 Å². The fourth-order valence-corrected chi connectivity index (χ4v) is 3.06. The van der Waals surface area contributed by atoms with E-state index in [2.05, 4.69) is 0 Å². The van der Waals surface area contributed by atoms with Crippen LogP contribution in [0.15, 0.2) is 35.5 Å². The highest BCUT2D eigenvalue weighted by atomic mass is 32.2. The summed E-state index contributed by atoms with van der Waals surface area (Å²) in [7, 11) is -2.89. The van der Waals surface area contributed by atoms with Gasteiger partial charge in [-0.2, -0.15) is 0 Å². The zero-order valence-electron chi connectivity index (χ0n) is 10.4. The Kier molecular flexibility index (Phi) is 3.82. The molecule has 1 heterocycles. The Morgan fingerprint density at radius 1 is 1.00 bits per heavy atom. The van der Waals surface area contributed by atoms with E-state index in [9.17, 15) is 13.2 Å². The maximum absolute atomic E-state index is 10.9. The zero-order chi connectivity index (χ0) is 13.2. The molecule has 1 fully saturated rings. The molecule has 98 valence electrons. The van der Waals surface area contributed by atoms with Gasteiger partial charge in [-0.05, 0) is 12.8 Å². The van der Waals surface area contributed by atoms with Gasteiger partial charge in [-0.3, -0.25) is 4.79 Å². The molecule has 18 heavy (non-hydrogen) atoms. The molecule has 3 aliphatic rings. The Bertz CT molecular complexity index is 511. The molecule has 1 saturated heterocycles. The van der Waals surface area contributed by atoms with Gasteiger partial charge in [0.1, 0.15) is 0 Å². The second-order valence-electron chi connectivity index (χ2n) is 4.63. The number of fused-ring (bicyclic) bond motifs is 2. The summed E-state index contributed by atoms with van der Waals surface area (Å²) in [6, 6.07) is 0. The van der Waals surface area contributed by atoms with E-state index in [4.69, 9.17) is 0 Å². The van der Waals surface area contributed by atoms with Crippen LogP contribution in [0.25, 0.3) is 0 Å². The van der Waals surface area contributed by atoms with Gasteiger partial charge in [0.2, 0.25) is 10.0 Å². The van der Waals surface area contributed by atoms with Crippen molar-refractivity contribution in [2.45, 2.75) is 19.3 Å². The van der Waals surface area contributed by atoms with Crippen molar-refractivity contribution in [3.05, 3.63) is 35.5 Å². The first-order valence-electron chi connectivity index (χ1n) is 6.08. The lowest BCUT2D eigenvalue weighted by Crippen LogP contribution is -2.34. The van der Waals surface area contributed by atoms with Crippen LogP contribution in [0.2, 0.25) is 0 Å². The van der Waals surface area contributed by atoms with Crippen molar-refractivity contribution < 1.29 is 13.2 Å². The van der Waals surface area contributed by atoms with Crippen molar-refractivity contribution in [1.29, 1.82) is 0 Å². The molecular weight excluding hydrogens is 250 g/mol. The Morgan fingerprint density at radius 3 is 1.72 bits per heavy atom. The van der Waals surface area contributed by atoms with Gasteiger partial charge >= 0.3 is 0 Å². The topological polar surface area (TPSA) is 54.5 Å². The summed E-state index contributed by atoms with van der Waals surface area (Å²) in [4.78, 5) is 10.8. The molecule has 0 radical (unpaired) electrons. The molecule has 2 bridgehead atoms. The second-order valence-corrected chi connectivity index (χ2v) is 6.61. The lowest BCUT2D eigenvalue weighted by molar-refractivity contribution is -0.111. The number of hydrogen-bond acceptors (Lipinski definition) is 3. The number of carbonyl (C=O) groups is 1. The molecule has 3 rings (SSSR count). The largest absolute Gasteiger partial charge is 0.289 e. The van der Waals surface area contributed by atoms with Gasteiger partial charge in [-0.1, -0.05) is 30.7 Å². The molecule has 0 spiro atoms. The third-order valence-electron chi connectivity index (χ3n) is 3.19. The number of sulfonamides is 1. The smallest absolute Gasteiger partial charge is 0.211 e. The molecule has 0 aromatic rings. The van der Waals surface area contributed by atoms with Crippen LogP contribution >= 0.6 is 0 Å². The van der Waals surface area contributed by atoms with E-state index >= 15 is 0 Å². The molecule has 0 unspecified atom stereocenters. The number of ketones is 1. The minimum absolute atomic E-state index is 0.185. The van der Waals surface area contributed by atoms with Crippen molar-refractivity contribution in [3.63, 3.8) is 0 Å². The molecule has 1 aliphatic heterocycles. The predicted molar refractivity (Wildman–Crippen MR) is 70.6 cm³/mol. The Balaban J connectivity index is 0.000000136. The predicted octanol–water partition coefficient (Wildman–Crippen LogP) is 1.42. The van der Waals surface area contributed by atoms with Gasteiger partial charge in [0.05, 0.1) is 6.26 Å². The van der Waals surface area contributed by atoms with E-state index in [1.807, 2.05) is 24.3 Å². The van der Waals surface area contributed by atoms with Crippen molar-refractivity contribution in [1.82, 2.24) is 4.31 Å². The quantitative estimate of drug-likeness (QED) is 0.722. The number of piperidine rings is 1. The number of nitrogens with zero attached hydrogens (tertiary/aromatic N) is 1. The molecule has 0 aromatic heterocycles. The molecule has 5 heteroatoms. The summed E-state index contributed by atoms with van der Waals surface area (Å²) < 4.78 is 23.4. The summed E-state index contributed by atoms with van der Waals surface area (Å²) in [5.74, 6) is 0.185. The van der Waals surface area contributed by atoms with Gasteiger partial charge in [-0.25, -0.2) is 12.7 Å². The first-order valence-corrected chi connectivity index (χ1v) is 7.93. The lowest BCUT2D eigenvalue weighted by Gasteiger charge is -2.23. The van der Waals surface area contributed by atoms with Crippen molar-refractivity contribution in [2.24, 2.45) is 0 Å². The molecule has 0 saturated carbocycles. The number of allylic oxidation sites excluding steroid dienone is 6. The SMILES string of the molecule is CS(=O)(=O)N1CCCCC1.O=C1C2=CC=C1C=C2. The van der Waals surface area contributed by atoms with Crippen molar-refractivity contribution in [3.8, 4) is 0 Å². The van der Waals surface area contributed by atoms with Gasteiger partial charge in [0.15, 0.2) is 5.78 Å². The minimum Gasteiger partial charge on any atom is -0.289 e. The second kappa shape index (κ2) is 5.20. The van der Waals surface area contributed by atoms with Gasteiger partial charge in [0, 0.05) is 24.2 Å². The Morgan fingerprint density at radius 2 is 1.50 bits per heavy atom. The fourth-order valence-electron chi connectivity index (χ4n) is 2.14. The van der Waals surface area contributed by atoms with Gasteiger partial charge < -0.3 is 0 Å². The third-order valence-corrected chi connectivity index (χ3v) is 4.50. The molecular formula is C13H17NO3S. The van der Waals surface area contributed by atoms with E-state index in [1.54, 1.807) is 4.31 Å². The Labute approximate surface area is 108 Å². The average molecular weight is 267 g/mol. The third kappa shape index (κ3) is 2.97. The van der Waals surface area contributed by atoms with Gasteiger partial charge in [-0.15, -0.1) is 0 Å². The summed E-state index contributed by atoms with van der Waals surface area (Å²) in [6.45, 7) is 1.44. The lowest BCUT2D eigenvalue weighted by atomic mass is 10.2. The molecule has 0 N–H and O–H groups in total. The normalized spacial score (nSPS) is 22.4. The highest BCUT2D eigenvalue weighted by Gasteiger charge is 2.20. The summed E-state index contributed by atoms with van der Waals surface area (Å²) in [6.07, 6.45) is 11.9. The number of rotatable bonds is 1. The fraction of sp³-hybridized carbons (Fsp3) is 0.462. The van der Waals surface area contributed by atoms with E-state index in [-0.39, 0.29) is 5.78 Å². The van der Waals surface area contributed by atoms with Crippen LogP contribution < -0.4 is 0 Å². The van der Waals surface area contributed by atoms with Crippen molar-refractivity contribution >= 4 is 15.8 Å². The van der Waals surface area contributed by atoms with Crippen molar-refractivity contribution in [2.75, 3.05) is 19.3 Å². The first-order chi connectivity index (χ1) is 8.48. The van der Waals surface area contributed by atoms with Crippen LogP contribution in [0.1, 0.15) is 19.3 Å². The zero-order valence-corrected chi connectivity index (χ0v) is 11.2. The van der Waals surface area contributed by atoms with Crippen LogP contribution in [-0.4, -0.2) is 37.9 Å². The standard InChI is InChI=1S/C7H4O.C6H13NO2S/c8-7-5-1-2-6(7)4-3-5;1-10(8,9)7-5-3-2-4-6-7/h1-4H;2-6H2,1H3. The van der Waals surface area contributed by atoms with Crippen LogP contribution in [-0.2, 0) is 14.8 Å². The molecule has 0 atom stereocenters. The monoisotopic (exact) mass is 267 g/mol. The average Bonchev–Trinajstić information content (AvgIpc) is 2.89. The van der Waals surface area contributed by atoms with Crippen LogP contribution in [0.3, 0.4) is 0 Å². The maximum atomic E-state index is 10.9. The van der Waals surface area contributed by atoms with Gasteiger partial charge in [0.25, 0.3) is 0 Å². The minimum atomic E-state index is -2.89. The van der Waals surface area contributed by atoms with E-state index < -0.39 is 10.0 Å². The summed E-state index contributed by atoms with van der Waals surface area (Å²) >= 11 is 0. The first kappa shape index (κ1) is 13.2. The number of Topliss-reactive ketones (excluding diaryl/α,β-unsaturated/α-hetero) is 1. The highest BCUT2D eigenvalue weighted by Crippen LogP contribution is 2.23. The maximum Gasteiger partial charge on any atom is 0.211 e. The van der Waals surface area contributed by atoms with Crippen LogP contribution in [0.5, 0.6) is 0 Å². The summed E-state index contributed by atoms with van der Waals surface area (Å²) in [5, 5.41) is 0. The summed E-state index contributed by atoms with van der Waals surface area (Å²) in [5.41, 5.74) is 1.67.